The number of ether oxygens (including phenoxy) is 1. The fraction of sp³-hybridized carbons (Fsp3) is 0.400. The molecule has 0 spiro atoms. The molecule has 1 aliphatic rings. The van der Waals surface area contributed by atoms with Crippen LogP contribution in [0, 0.1) is 6.92 Å². The molecule has 128 valence electrons. The summed E-state index contributed by atoms with van der Waals surface area (Å²) in [6.07, 6.45) is 0.351. The molecule has 3 rings (SSSR count). The van der Waals surface area contributed by atoms with Crippen LogP contribution in [0.3, 0.4) is 0 Å². The first kappa shape index (κ1) is 17.0. The molecule has 24 heavy (non-hydrogen) atoms. The Hall–Kier alpha value is -1.88. The van der Waals surface area contributed by atoms with Crippen molar-refractivity contribution in [1.29, 1.82) is 0 Å². The number of aryl methyl sites for hydroxylation is 1. The minimum atomic E-state index is -0.592. The lowest BCUT2D eigenvalue weighted by atomic mass is 9.93. The van der Waals surface area contributed by atoms with Gasteiger partial charge in [-0.25, -0.2) is 0 Å². The Balaban J connectivity index is 1.58. The molecular formula is C20H25NO3. The number of aliphatic hydroxyl groups excluding tert-OH is 2. The normalized spacial score (nSPS) is 18.9. The Morgan fingerprint density at radius 1 is 1.17 bits per heavy atom. The fourth-order valence-corrected chi connectivity index (χ4v) is 3.29. The molecule has 4 nitrogen and oxygen atoms in total. The molecule has 0 aromatic heterocycles. The molecule has 2 unspecified atom stereocenters. The Bertz CT molecular complexity index is 656. The number of rotatable bonds is 6. The van der Waals surface area contributed by atoms with Gasteiger partial charge in [-0.2, -0.15) is 0 Å². The smallest absolute Gasteiger partial charge is 0.119 e. The molecule has 4 heteroatoms. The maximum absolute atomic E-state index is 10.3. The second-order valence-electron chi connectivity index (χ2n) is 6.42. The molecule has 0 fully saturated rings. The SMILES string of the molecule is Cc1ccc(OCC(O)CN2CCc3ccccc3C2CO)cc1. The molecule has 2 atom stereocenters. The van der Waals surface area contributed by atoms with Gasteiger partial charge in [-0.15, -0.1) is 0 Å². The summed E-state index contributed by atoms with van der Waals surface area (Å²) in [7, 11) is 0. The highest BCUT2D eigenvalue weighted by atomic mass is 16.5. The summed E-state index contributed by atoms with van der Waals surface area (Å²) in [4.78, 5) is 2.14. The van der Waals surface area contributed by atoms with Crippen molar-refractivity contribution in [2.24, 2.45) is 0 Å². The molecule has 0 aliphatic carbocycles. The van der Waals surface area contributed by atoms with Crippen LogP contribution in [-0.2, 0) is 6.42 Å². The molecule has 1 aliphatic heterocycles. The van der Waals surface area contributed by atoms with Crippen LogP contribution in [-0.4, -0.2) is 47.5 Å². The number of aliphatic hydroxyl groups is 2. The van der Waals surface area contributed by atoms with Crippen molar-refractivity contribution in [3.05, 3.63) is 65.2 Å². The molecule has 1 heterocycles. The summed E-state index contributed by atoms with van der Waals surface area (Å²) in [5, 5.41) is 20.1. The van der Waals surface area contributed by atoms with Crippen molar-refractivity contribution in [3.8, 4) is 5.75 Å². The van der Waals surface area contributed by atoms with Gasteiger partial charge in [0.2, 0.25) is 0 Å². The molecule has 2 aromatic carbocycles. The lowest BCUT2D eigenvalue weighted by Crippen LogP contribution is -2.43. The van der Waals surface area contributed by atoms with E-state index in [1.54, 1.807) is 0 Å². The van der Waals surface area contributed by atoms with Crippen LogP contribution >= 0.6 is 0 Å². The largest absolute Gasteiger partial charge is 0.491 e. The second kappa shape index (κ2) is 7.79. The fourth-order valence-electron chi connectivity index (χ4n) is 3.29. The zero-order valence-corrected chi connectivity index (χ0v) is 14.1. The van der Waals surface area contributed by atoms with Crippen LogP contribution < -0.4 is 4.74 Å². The molecule has 0 saturated carbocycles. The summed E-state index contributed by atoms with van der Waals surface area (Å²) in [5.74, 6) is 0.766. The van der Waals surface area contributed by atoms with E-state index < -0.39 is 6.10 Å². The highest BCUT2D eigenvalue weighted by Gasteiger charge is 2.27. The molecule has 0 bridgehead atoms. The molecule has 0 amide bonds. The number of hydrogen-bond acceptors (Lipinski definition) is 4. The highest BCUT2D eigenvalue weighted by Crippen LogP contribution is 2.29. The summed E-state index contributed by atoms with van der Waals surface area (Å²) in [5.41, 5.74) is 3.64. The maximum Gasteiger partial charge on any atom is 0.119 e. The number of β-amino-alcohol motifs (C(OH)–C–C–N with tert-alkyl or cyclic N) is 1. The van der Waals surface area contributed by atoms with Crippen LogP contribution in [0.1, 0.15) is 22.7 Å². The lowest BCUT2D eigenvalue weighted by Gasteiger charge is -2.37. The van der Waals surface area contributed by atoms with Gasteiger partial charge in [0.1, 0.15) is 18.5 Å². The molecule has 0 radical (unpaired) electrons. The number of nitrogens with zero attached hydrogens (tertiary/aromatic N) is 1. The van der Waals surface area contributed by atoms with Crippen LogP contribution in [0.4, 0.5) is 0 Å². The van der Waals surface area contributed by atoms with Gasteiger partial charge in [0.15, 0.2) is 0 Å². The van der Waals surface area contributed by atoms with Gasteiger partial charge in [0.05, 0.1) is 12.6 Å². The van der Waals surface area contributed by atoms with Gasteiger partial charge in [0, 0.05) is 13.1 Å². The maximum atomic E-state index is 10.3. The van der Waals surface area contributed by atoms with Gasteiger partial charge < -0.3 is 14.9 Å². The van der Waals surface area contributed by atoms with Gasteiger partial charge in [-0.1, -0.05) is 42.0 Å². The van der Waals surface area contributed by atoms with Crippen molar-refractivity contribution in [3.63, 3.8) is 0 Å². The van der Waals surface area contributed by atoms with Crippen molar-refractivity contribution < 1.29 is 14.9 Å². The van der Waals surface area contributed by atoms with Crippen LogP contribution in [0.25, 0.3) is 0 Å². The van der Waals surface area contributed by atoms with Crippen LogP contribution in [0.5, 0.6) is 5.75 Å². The first-order chi connectivity index (χ1) is 11.7. The van der Waals surface area contributed by atoms with Crippen molar-refractivity contribution in [2.45, 2.75) is 25.5 Å². The van der Waals surface area contributed by atoms with Crippen molar-refractivity contribution >= 4 is 0 Å². The average molecular weight is 327 g/mol. The Kier molecular flexibility index (Phi) is 5.51. The quantitative estimate of drug-likeness (QED) is 0.855. The molecule has 2 N–H and O–H groups in total. The standard InChI is InChI=1S/C20H25NO3/c1-15-6-8-18(9-7-15)24-14-17(23)12-21-11-10-16-4-2-3-5-19(16)20(21)13-22/h2-9,17,20,22-23H,10-14H2,1H3. The minimum absolute atomic E-state index is 0.0519. The minimum Gasteiger partial charge on any atom is -0.491 e. The third-order valence-electron chi connectivity index (χ3n) is 4.60. The summed E-state index contributed by atoms with van der Waals surface area (Å²) < 4.78 is 5.66. The van der Waals surface area contributed by atoms with E-state index in [4.69, 9.17) is 4.74 Å². The first-order valence-electron chi connectivity index (χ1n) is 8.47. The molecular weight excluding hydrogens is 302 g/mol. The summed E-state index contributed by atoms with van der Waals surface area (Å²) in [6, 6.07) is 16.0. The van der Waals surface area contributed by atoms with Crippen LogP contribution in [0.15, 0.2) is 48.5 Å². The van der Waals surface area contributed by atoms with E-state index in [1.165, 1.54) is 11.1 Å². The third-order valence-corrected chi connectivity index (χ3v) is 4.60. The van der Waals surface area contributed by atoms with Gasteiger partial charge in [-0.05, 0) is 36.6 Å². The number of fused-ring (bicyclic) bond motifs is 1. The predicted molar refractivity (Wildman–Crippen MR) is 94.2 cm³/mol. The third kappa shape index (κ3) is 3.96. The molecule has 0 saturated heterocycles. The first-order valence-corrected chi connectivity index (χ1v) is 8.47. The van der Waals surface area contributed by atoms with Crippen molar-refractivity contribution in [1.82, 2.24) is 4.90 Å². The van der Waals surface area contributed by atoms with Crippen molar-refractivity contribution in [2.75, 3.05) is 26.3 Å². The zero-order chi connectivity index (χ0) is 16.9. The van der Waals surface area contributed by atoms with E-state index in [-0.39, 0.29) is 19.3 Å². The topological polar surface area (TPSA) is 52.9 Å². The predicted octanol–water partition coefficient (Wildman–Crippen LogP) is 2.33. The number of benzene rings is 2. The second-order valence-corrected chi connectivity index (χ2v) is 6.42. The Morgan fingerprint density at radius 3 is 2.67 bits per heavy atom. The van der Waals surface area contributed by atoms with E-state index in [0.717, 1.165) is 24.3 Å². The van der Waals surface area contributed by atoms with E-state index in [9.17, 15) is 10.2 Å². The highest BCUT2D eigenvalue weighted by molar-refractivity contribution is 5.32. The van der Waals surface area contributed by atoms with E-state index in [0.29, 0.717) is 6.54 Å². The monoisotopic (exact) mass is 327 g/mol. The lowest BCUT2D eigenvalue weighted by molar-refractivity contribution is 0.0334. The van der Waals surface area contributed by atoms with Gasteiger partial charge >= 0.3 is 0 Å². The molecule has 2 aromatic rings. The Morgan fingerprint density at radius 2 is 1.92 bits per heavy atom. The van der Waals surface area contributed by atoms with Crippen LogP contribution in [0.2, 0.25) is 0 Å². The number of hydrogen-bond donors (Lipinski definition) is 2. The van der Waals surface area contributed by atoms with E-state index >= 15 is 0 Å². The zero-order valence-electron chi connectivity index (χ0n) is 14.1. The Labute approximate surface area is 143 Å². The van der Waals surface area contributed by atoms with E-state index in [1.807, 2.05) is 43.3 Å². The van der Waals surface area contributed by atoms with Gasteiger partial charge in [-0.3, -0.25) is 4.90 Å². The average Bonchev–Trinajstić information content (AvgIpc) is 2.61. The van der Waals surface area contributed by atoms with Gasteiger partial charge in [0.25, 0.3) is 0 Å². The summed E-state index contributed by atoms with van der Waals surface area (Å²) >= 11 is 0. The van der Waals surface area contributed by atoms with E-state index in [2.05, 4.69) is 17.0 Å². The summed E-state index contributed by atoms with van der Waals surface area (Å²) in [6.45, 7) is 3.67.